The van der Waals surface area contributed by atoms with Crippen LogP contribution in [0.1, 0.15) is 12.0 Å². The van der Waals surface area contributed by atoms with Crippen LogP contribution < -0.4 is 5.43 Å². The molecular formula is C16H14BrClN2OS. The fraction of sp³-hybridized carbons (Fsp3) is 0.125. The molecule has 0 spiro atoms. The van der Waals surface area contributed by atoms with Crippen molar-refractivity contribution in [1.29, 1.82) is 0 Å². The predicted molar refractivity (Wildman–Crippen MR) is 96.7 cm³/mol. The van der Waals surface area contributed by atoms with Crippen molar-refractivity contribution in [3.05, 3.63) is 63.6 Å². The highest BCUT2D eigenvalue weighted by Crippen LogP contribution is 2.20. The zero-order valence-corrected chi connectivity index (χ0v) is 14.8. The number of carbonyl (C=O) groups is 1. The molecule has 2 aromatic carbocycles. The van der Waals surface area contributed by atoms with E-state index in [1.165, 1.54) is 0 Å². The zero-order chi connectivity index (χ0) is 15.8. The van der Waals surface area contributed by atoms with Gasteiger partial charge < -0.3 is 0 Å². The van der Waals surface area contributed by atoms with Gasteiger partial charge in [-0.2, -0.15) is 5.10 Å². The molecule has 0 aliphatic carbocycles. The molecule has 2 aromatic rings. The number of rotatable bonds is 6. The fourth-order valence-corrected chi connectivity index (χ4v) is 2.97. The average molecular weight is 398 g/mol. The van der Waals surface area contributed by atoms with Crippen LogP contribution in [0.15, 0.2) is 63.0 Å². The van der Waals surface area contributed by atoms with Crippen LogP contribution in [0.2, 0.25) is 5.02 Å². The normalized spacial score (nSPS) is 10.8. The van der Waals surface area contributed by atoms with Crippen molar-refractivity contribution in [2.24, 2.45) is 5.10 Å². The molecule has 0 saturated heterocycles. The van der Waals surface area contributed by atoms with Gasteiger partial charge in [-0.3, -0.25) is 4.79 Å². The molecule has 22 heavy (non-hydrogen) atoms. The van der Waals surface area contributed by atoms with Gasteiger partial charge >= 0.3 is 0 Å². The third kappa shape index (κ3) is 5.83. The summed E-state index contributed by atoms with van der Waals surface area (Å²) in [6, 6.07) is 15.2. The third-order valence-corrected chi connectivity index (χ3v) is 4.70. The molecule has 0 aliphatic heterocycles. The highest BCUT2D eigenvalue weighted by atomic mass is 79.9. The summed E-state index contributed by atoms with van der Waals surface area (Å²) < 4.78 is 0.936. The molecule has 0 heterocycles. The Morgan fingerprint density at radius 2 is 1.95 bits per heavy atom. The van der Waals surface area contributed by atoms with E-state index in [4.69, 9.17) is 11.6 Å². The summed E-state index contributed by atoms with van der Waals surface area (Å²) in [6.07, 6.45) is 2.02. The van der Waals surface area contributed by atoms with Crippen LogP contribution in [0.4, 0.5) is 0 Å². The number of nitrogens with zero attached hydrogens (tertiary/aromatic N) is 1. The Morgan fingerprint density at radius 1 is 1.23 bits per heavy atom. The Bertz CT molecular complexity index is 661. The Balaban J connectivity index is 1.72. The average Bonchev–Trinajstić information content (AvgIpc) is 2.51. The second-order valence-electron chi connectivity index (χ2n) is 4.37. The van der Waals surface area contributed by atoms with E-state index in [2.05, 4.69) is 26.5 Å². The molecule has 1 N–H and O–H groups in total. The Kier molecular flexibility index (Phi) is 6.96. The summed E-state index contributed by atoms with van der Waals surface area (Å²) in [7, 11) is 0. The van der Waals surface area contributed by atoms with Crippen molar-refractivity contribution in [2.45, 2.75) is 11.3 Å². The first-order chi connectivity index (χ1) is 10.6. The molecule has 0 unspecified atom stereocenters. The number of hydrazone groups is 1. The van der Waals surface area contributed by atoms with Crippen LogP contribution >= 0.6 is 39.3 Å². The van der Waals surface area contributed by atoms with Gasteiger partial charge in [-0.15, -0.1) is 11.8 Å². The Hall–Kier alpha value is -1.30. The lowest BCUT2D eigenvalue weighted by Crippen LogP contribution is -2.17. The highest BCUT2D eigenvalue weighted by molar-refractivity contribution is 9.10. The first-order valence-corrected chi connectivity index (χ1v) is 8.75. The Labute approximate surface area is 147 Å². The van der Waals surface area contributed by atoms with Crippen molar-refractivity contribution >= 4 is 51.4 Å². The van der Waals surface area contributed by atoms with Crippen LogP contribution in [0.25, 0.3) is 0 Å². The van der Waals surface area contributed by atoms with Gasteiger partial charge in [0.2, 0.25) is 5.91 Å². The fourth-order valence-electron chi connectivity index (χ4n) is 1.60. The van der Waals surface area contributed by atoms with Crippen molar-refractivity contribution in [3.63, 3.8) is 0 Å². The maximum Gasteiger partial charge on any atom is 0.240 e. The molecule has 114 valence electrons. The van der Waals surface area contributed by atoms with Crippen molar-refractivity contribution in [1.82, 2.24) is 5.43 Å². The number of carbonyl (C=O) groups excluding carboxylic acids is 1. The number of amides is 1. The molecule has 0 saturated carbocycles. The summed E-state index contributed by atoms with van der Waals surface area (Å²) in [4.78, 5) is 12.8. The van der Waals surface area contributed by atoms with Crippen molar-refractivity contribution in [2.75, 3.05) is 5.75 Å². The minimum absolute atomic E-state index is 0.107. The number of benzene rings is 2. The molecule has 3 nitrogen and oxygen atoms in total. The van der Waals surface area contributed by atoms with Gasteiger partial charge in [0.25, 0.3) is 0 Å². The summed E-state index contributed by atoms with van der Waals surface area (Å²) in [5.74, 6) is 0.586. The monoisotopic (exact) mass is 396 g/mol. The summed E-state index contributed by atoms with van der Waals surface area (Å²) >= 11 is 10.9. The van der Waals surface area contributed by atoms with Crippen LogP contribution in [0.5, 0.6) is 0 Å². The van der Waals surface area contributed by atoms with Gasteiger partial charge in [0.15, 0.2) is 0 Å². The highest BCUT2D eigenvalue weighted by Gasteiger charge is 2.01. The van der Waals surface area contributed by atoms with E-state index in [1.54, 1.807) is 18.0 Å². The maximum atomic E-state index is 11.7. The summed E-state index contributed by atoms with van der Waals surface area (Å²) in [5, 5.41) is 4.67. The van der Waals surface area contributed by atoms with E-state index < -0.39 is 0 Å². The molecule has 0 atom stereocenters. The van der Waals surface area contributed by atoms with Gasteiger partial charge in [0.05, 0.1) is 6.21 Å². The smallest absolute Gasteiger partial charge is 0.240 e. The number of halogens is 2. The summed E-state index contributed by atoms with van der Waals surface area (Å²) in [6.45, 7) is 0. The Morgan fingerprint density at radius 3 is 2.68 bits per heavy atom. The van der Waals surface area contributed by atoms with Gasteiger partial charge in [0.1, 0.15) is 0 Å². The lowest BCUT2D eigenvalue weighted by molar-refractivity contribution is -0.120. The van der Waals surface area contributed by atoms with Crippen LogP contribution in [-0.4, -0.2) is 17.9 Å². The van der Waals surface area contributed by atoms with Crippen LogP contribution in [0.3, 0.4) is 0 Å². The van der Waals surface area contributed by atoms with Crippen LogP contribution in [-0.2, 0) is 4.79 Å². The third-order valence-electron chi connectivity index (χ3n) is 2.71. The molecule has 0 radical (unpaired) electrons. The van der Waals surface area contributed by atoms with Crippen molar-refractivity contribution < 1.29 is 4.79 Å². The van der Waals surface area contributed by atoms with E-state index in [1.807, 2.05) is 48.5 Å². The van der Waals surface area contributed by atoms with E-state index >= 15 is 0 Å². The lowest BCUT2D eigenvalue weighted by Gasteiger charge is -2.02. The van der Waals surface area contributed by atoms with Gasteiger partial charge in [-0.1, -0.05) is 45.7 Å². The standard InChI is InChI=1S/C16H14BrClN2OS/c17-15-4-2-1-3-12(15)11-19-20-16(21)9-10-22-14-7-5-13(18)6-8-14/h1-8,11H,9-10H2,(H,20,21). The predicted octanol–water partition coefficient (Wildman–Crippen LogP) is 4.74. The quantitative estimate of drug-likeness (QED) is 0.435. The molecule has 0 bridgehead atoms. The minimum Gasteiger partial charge on any atom is -0.273 e. The molecule has 2 rings (SSSR count). The van der Waals surface area contributed by atoms with Gasteiger partial charge in [0, 0.05) is 32.1 Å². The number of hydrogen-bond acceptors (Lipinski definition) is 3. The second kappa shape index (κ2) is 8.98. The zero-order valence-electron chi connectivity index (χ0n) is 11.6. The molecule has 0 aliphatic rings. The van der Waals surface area contributed by atoms with Crippen LogP contribution in [0, 0.1) is 0 Å². The second-order valence-corrected chi connectivity index (χ2v) is 6.83. The maximum absolute atomic E-state index is 11.7. The molecule has 0 aromatic heterocycles. The number of nitrogens with one attached hydrogen (secondary N) is 1. The molecule has 6 heteroatoms. The van der Waals surface area contributed by atoms with Gasteiger partial charge in [-0.05, 0) is 30.3 Å². The van der Waals surface area contributed by atoms with Gasteiger partial charge in [-0.25, -0.2) is 5.43 Å². The topological polar surface area (TPSA) is 41.5 Å². The van der Waals surface area contributed by atoms with E-state index in [0.29, 0.717) is 17.2 Å². The molecule has 0 fully saturated rings. The lowest BCUT2D eigenvalue weighted by atomic mass is 10.2. The number of thioether (sulfide) groups is 1. The first-order valence-electron chi connectivity index (χ1n) is 6.60. The molecular weight excluding hydrogens is 384 g/mol. The first kappa shape index (κ1) is 17.1. The SMILES string of the molecule is O=C(CCSc1ccc(Cl)cc1)NN=Cc1ccccc1Br. The minimum atomic E-state index is -0.107. The largest absolute Gasteiger partial charge is 0.273 e. The van der Waals surface area contributed by atoms with E-state index in [0.717, 1.165) is 14.9 Å². The summed E-state index contributed by atoms with van der Waals surface area (Å²) in [5.41, 5.74) is 3.44. The number of hydrogen-bond donors (Lipinski definition) is 1. The van der Waals surface area contributed by atoms with Crippen molar-refractivity contribution in [3.8, 4) is 0 Å². The van der Waals surface area contributed by atoms with E-state index in [9.17, 15) is 4.79 Å². The van der Waals surface area contributed by atoms with E-state index in [-0.39, 0.29) is 5.91 Å². The molecule has 1 amide bonds.